The Balaban J connectivity index is 1.65. The first kappa shape index (κ1) is 21.6. The van der Waals surface area contributed by atoms with Crippen molar-refractivity contribution in [3.8, 4) is 55.9 Å². The Labute approximate surface area is 217 Å². The topological polar surface area (TPSA) is 16.1 Å². The lowest BCUT2D eigenvalue weighted by atomic mass is 9.88. The van der Waals surface area contributed by atoms with Gasteiger partial charge in [-0.1, -0.05) is 109 Å². The maximum absolute atomic E-state index is 5.49. The standard InChI is InChI=1S/C35H26N2/c1-37(2)27-21-19-26(20-22-27)34-31(24-11-5-3-6-12-24)32-28-17-9-15-23-16-10-18-29(30(23)28)33(32)35(36-34)25-13-7-4-8-14-25/h3-22H,1-2H3. The number of anilines is 1. The van der Waals surface area contributed by atoms with E-state index in [2.05, 4.69) is 140 Å². The van der Waals surface area contributed by atoms with Gasteiger partial charge < -0.3 is 4.90 Å². The molecule has 1 aliphatic carbocycles. The number of hydrogen-bond donors (Lipinski definition) is 0. The van der Waals surface area contributed by atoms with Crippen molar-refractivity contribution < 1.29 is 0 Å². The molecular formula is C35H26N2. The van der Waals surface area contributed by atoms with E-state index >= 15 is 0 Å². The summed E-state index contributed by atoms with van der Waals surface area (Å²) in [6.45, 7) is 0. The molecule has 0 aliphatic heterocycles. The van der Waals surface area contributed by atoms with Gasteiger partial charge in [-0.15, -0.1) is 0 Å². The van der Waals surface area contributed by atoms with Gasteiger partial charge in [-0.3, -0.25) is 0 Å². The molecule has 2 nitrogen and oxygen atoms in total. The van der Waals surface area contributed by atoms with E-state index in [1.165, 1.54) is 49.8 Å². The number of nitrogens with zero attached hydrogens (tertiary/aromatic N) is 2. The maximum Gasteiger partial charge on any atom is 0.0794 e. The molecule has 0 bridgehead atoms. The number of hydrogen-bond acceptors (Lipinski definition) is 2. The van der Waals surface area contributed by atoms with Crippen LogP contribution in [-0.2, 0) is 0 Å². The molecule has 0 saturated carbocycles. The Morgan fingerprint density at radius 1 is 0.459 bits per heavy atom. The lowest BCUT2D eigenvalue weighted by Gasteiger charge is -2.20. The van der Waals surface area contributed by atoms with Crippen LogP contribution in [0.2, 0.25) is 0 Å². The fourth-order valence-corrected chi connectivity index (χ4v) is 5.69. The molecule has 0 saturated heterocycles. The molecule has 5 aromatic carbocycles. The molecule has 0 fully saturated rings. The Morgan fingerprint density at radius 3 is 1.62 bits per heavy atom. The summed E-state index contributed by atoms with van der Waals surface area (Å²) >= 11 is 0. The average Bonchev–Trinajstić information content (AvgIpc) is 3.29. The number of aromatic nitrogens is 1. The predicted molar refractivity (Wildman–Crippen MR) is 157 cm³/mol. The summed E-state index contributed by atoms with van der Waals surface area (Å²) in [4.78, 5) is 7.62. The Hall–Kier alpha value is -4.69. The van der Waals surface area contributed by atoms with Crippen molar-refractivity contribution in [2.24, 2.45) is 0 Å². The van der Waals surface area contributed by atoms with Gasteiger partial charge in [0.1, 0.15) is 0 Å². The highest BCUT2D eigenvalue weighted by Crippen LogP contribution is 2.55. The van der Waals surface area contributed by atoms with Crippen molar-refractivity contribution in [2.75, 3.05) is 19.0 Å². The normalized spacial score (nSPS) is 11.5. The summed E-state index contributed by atoms with van der Waals surface area (Å²) in [6.07, 6.45) is 0. The molecule has 0 unspecified atom stereocenters. The fraction of sp³-hybridized carbons (Fsp3) is 0.0571. The van der Waals surface area contributed by atoms with Gasteiger partial charge in [-0.05, 0) is 39.6 Å². The Morgan fingerprint density at radius 2 is 1.00 bits per heavy atom. The summed E-state index contributed by atoms with van der Waals surface area (Å²) < 4.78 is 0. The SMILES string of the molecule is CN(C)c1ccc(-c2nc(-c3ccccc3)c3c(c2-c2ccccc2)-c2cccc4cccc-3c24)cc1. The van der Waals surface area contributed by atoms with E-state index in [4.69, 9.17) is 4.98 Å². The lowest BCUT2D eigenvalue weighted by Crippen LogP contribution is -2.08. The van der Waals surface area contributed by atoms with Crippen LogP contribution in [-0.4, -0.2) is 19.1 Å². The minimum atomic E-state index is 1.01. The van der Waals surface area contributed by atoms with Crippen LogP contribution >= 0.6 is 0 Å². The number of fused-ring (bicyclic) bond motifs is 3. The zero-order valence-electron chi connectivity index (χ0n) is 20.9. The van der Waals surface area contributed by atoms with E-state index in [0.29, 0.717) is 0 Å². The van der Waals surface area contributed by atoms with Crippen molar-refractivity contribution in [3.05, 3.63) is 121 Å². The fourth-order valence-electron chi connectivity index (χ4n) is 5.69. The predicted octanol–water partition coefficient (Wildman–Crippen LogP) is 8.95. The third kappa shape index (κ3) is 3.37. The molecule has 0 atom stereocenters. The van der Waals surface area contributed by atoms with Gasteiger partial charge in [-0.25, -0.2) is 4.98 Å². The maximum atomic E-state index is 5.49. The van der Waals surface area contributed by atoms with Gasteiger partial charge in [0, 0.05) is 47.6 Å². The van der Waals surface area contributed by atoms with Gasteiger partial charge in [0.05, 0.1) is 11.4 Å². The molecule has 0 radical (unpaired) electrons. The molecule has 37 heavy (non-hydrogen) atoms. The van der Waals surface area contributed by atoms with Gasteiger partial charge in [-0.2, -0.15) is 0 Å². The average molecular weight is 475 g/mol. The molecule has 1 heterocycles. The van der Waals surface area contributed by atoms with Gasteiger partial charge in [0.25, 0.3) is 0 Å². The van der Waals surface area contributed by atoms with Crippen LogP contribution in [0.4, 0.5) is 5.69 Å². The highest BCUT2D eigenvalue weighted by atomic mass is 15.1. The van der Waals surface area contributed by atoms with Crippen LogP contribution in [0.15, 0.2) is 121 Å². The highest BCUT2D eigenvalue weighted by Gasteiger charge is 2.31. The molecule has 0 N–H and O–H groups in total. The van der Waals surface area contributed by atoms with Crippen molar-refractivity contribution in [1.82, 2.24) is 4.98 Å². The summed E-state index contributed by atoms with van der Waals surface area (Å²) in [5.41, 5.74) is 12.9. The number of benzene rings is 5. The monoisotopic (exact) mass is 474 g/mol. The first-order chi connectivity index (χ1) is 18.2. The van der Waals surface area contributed by atoms with Crippen LogP contribution in [0.1, 0.15) is 0 Å². The Bertz CT molecular complexity index is 1760. The van der Waals surface area contributed by atoms with Crippen molar-refractivity contribution in [3.63, 3.8) is 0 Å². The number of pyridine rings is 1. The van der Waals surface area contributed by atoms with E-state index in [-0.39, 0.29) is 0 Å². The minimum absolute atomic E-state index is 1.01. The molecule has 6 aromatic rings. The van der Waals surface area contributed by atoms with Crippen LogP contribution in [0, 0.1) is 0 Å². The second-order valence-corrected chi connectivity index (χ2v) is 9.82. The minimum Gasteiger partial charge on any atom is -0.378 e. The summed E-state index contributed by atoms with van der Waals surface area (Å²) in [6, 6.07) is 43.4. The van der Waals surface area contributed by atoms with Gasteiger partial charge in [0.2, 0.25) is 0 Å². The molecule has 0 spiro atoms. The molecular weight excluding hydrogens is 448 g/mol. The third-order valence-corrected chi connectivity index (χ3v) is 7.41. The molecule has 2 heteroatoms. The lowest BCUT2D eigenvalue weighted by molar-refractivity contribution is 1.13. The second kappa shape index (κ2) is 8.46. The third-order valence-electron chi connectivity index (χ3n) is 7.41. The van der Waals surface area contributed by atoms with Crippen molar-refractivity contribution in [2.45, 2.75) is 0 Å². The van der Waals surface area contributed by atoms with E-state index in [9.17, 15) is 0 Å². The second-order valence-electron chi connectivity index (χ2n) is 9.82. The smallest absolute Gasteiger partial charge is 0.0794 e. The molecule has 0 amide bonds. The van der Waals surface area contributed by atoms with E-state index in [1.54, 1.807) is 0 Å². The van der Waals surface area contributed by atoms with Crippen LogP contribution in [0.5, 0.6) is 0 Å². The first-order valence-corrected chi connectivity index (χ1v) is 12.7. The summed E-state index contributed by atoms with van der Waals surface area (Å²) in [7, 11) is 4.15. The van der Waals surface area contributed by atoms with Crippen LogP contribution in [0.25, 0.3) is 66.7 Å². The van der Waals surface area contributed by atoms with Crippen LogP contribution < -0.4 is 4.90 Å². The summed E-state index contributed by atoms with van der Waals surface area (Å²) in [5.74, 6) is 0. The molecule has 1 aromatic heterocycles. The van der Waals surface area contributed by atoms with E-state index in [1.807, 2.05) is 0 Å². The quantitative estimate of drug-likeness (QED) is 0.253. The van der Waals surface area contributed by atoms with Gasteiger partial charge >= 0.3 is 0 Å². The van der Waals surface area contributed by atoms with E-state index < -0.39 is 0 Å². The first-order valence-electron chi connectivity index (χ1n) is 12.7. The van der Waals surface area contributed by atoms with E-state index in [0.717, 1.165) is 22.5 Å². The molecule has 7 rings (SSSR count). The Kier molecular flexibility index (Phi) is 4.93. The zero-order chi connectivity index (χ0) is 24.9. The molecule has 1 aliphatic rings. The number of rotatable bonds is 4. The van der Waals surface area contributed by atoms with Crippen LogP contribution in [0.3, 0.4) is 0 Å². The largest absolute Gasteiger partial charge is 0.378 e. The zero-order valence-corrected chi connectivity index (χ0v) is 20.9. The highest BCUT2D eigenvalue weighted by molar-refractivity contribution is 6.21. The van der Waals surface area contributed by atoms with Crippen molar-refractivity contribution in [1.29, 1.82) is 0 Å². The summed E-state index contributed by atoms with van der Waals surface area (Å²) in [5, 5.41) is 2.58. The van der Waals surface area contributed by atoms with Gasteiger partial charge in [0.15, 0.2) is 0 Å². The molecule has 176 valence electrons. The van der Waals surface area contributed by atoms with Crippen molar-refractivity contribution >= 4 is 16.5 Å².